The van der Waals surface area contributed by atoms with Crippen LogP contribution in [0.3, 0.4) is 0 Å². The van der Waals surface area contributed by atoms with E-state index in [2.05, 4.69) is 21.2 Å². The standard InChI is InChI=1S/C12H14BrNO4/c1-18-7-8(5-11(15)16)12(17)14-10-4-2-3-9(13)6-10/h2-4,6,8H,5,7H2,1H3,(H,14,17)(H,15,16). The molecule has 1 aromatic carbocycles. The van der Waals surface area contributed by atoms with Crippen molar-refractivity contribution >= 4 is 33.5 Å². The van der Waals surface area contributed by atoms with Crippen LogP contribution in [0.25, 0.3) is 0 Å². The highest BCUT2D eigenvalue weighted by atomic mass is 79.9. The summed E-state index contributed by atoms with van der Waals surface area (Å²) in [7, 11) is 1.43. The van der Waals surface area contributed by atoms with E-state index in [-0.39, 0.29) is 18.9 Å². The fourth-order valence-corrected chi connectivity index (χ4v) is 1.85. The second-order valence-corrected chi connectivity index (χ2v) is 4.67. The fraction of sp³-hybridized carbons (Fsp3) is 0.333. The number of halogens is 1. The summed E-state index contributed by atoms with van der Waals surface area (Å²) >= 11 is 3.29. The number of nitrogens with one attached hydrogen (secondary N) is 1. The number of anilines is 1. The average molecular weight is 316 g/mol. The van der Waals surface area contributed by atoms with Crippen molar-refractivity contribution in [2.75, 3.05) is 19.0 Å². The fourth-order valence-electron chi connectivity index (χ4n) is 1.45. The summed E-state index contributed by atoms with van der Waals surface area (Å²) in [5.41, 5.74) is 0.612. The Morgan fingerprint density at radius 1 is 1.50 bits per heavy atom. The molecule has 6 heteroatoms. The summed E-state index contributed by atoms with van der Waals surface area (Å²) in [6.07, 6.45) is -0.256. The van der Waals surface area contributed by atoms with Crippen LogP contribution in [0.5, 0.6) is 0 Å². The number of carbonyl (C=O) groups excluding carboxylic acids is 1. The number of carbonyl (C=O) groups is 2. The van der Waals surface area contributed by atoms with Gasteiger partial charge in [0.2, 0.25) is 5.91 Å². The van der Waals surface area contributed by atoms with E-state index in [9.17, 15) is 9.59 Å². The Hall–Kier alpha value is -1.40. The number of methoxy groups -OCH3 is 1. The van der Waals surface area contributed by atoms with Crippen molar-refractivity contribution in [3.8, 4) is 0 Å². The Bertz CT molecular complexity index is 436. The van der Waals surface area contributed by atoms with Crippen LogP contribution in [0, 0.1) is 5.92 Å². The molecule has 5 nitrogen and oxygen atoms in total. The SMILES string of the molecule is COCC(CC(=O)O)C(=O)Nc1cccc(Br)c1. The molecular formula is C12H14BrNO4. The van der Waals surface area contributed by atoms with E-state index in [4.69, 9.17) is 9.84 Å². The highest BCUT2D eigenvalue weighted by molar-refractivity contribution is 9.10. The van der Waals surface area contributed by atoms with E-state index in [1.165, 1.54) is 7.11 Å². The second kappa shape index (κ2) is 7.13. The largest absolute Gasteiger partial charge is 0.481 e. The van der Waals surface area contributed by atoms with Gasteiger partial charge in [0.05, 0.1) is 18.9 Å². The normalized spacial score (nSPS) is 11.9. The molecule has 0 heterocycles. The van der Waals surface area contributed by atoms with Crippen molar-refractivity contribution in [3.63, 3.8) is 0 Å². The molecule has 1 rings (SSSR count). The molecule has 0 radical (unpaired) electrons. The Kier molecular flexibility index (Phi) is 5.80. The van der Waals surface area contributed by atoms with E-state index >= 15 is 0 Å². The molecular weight excluding hydrogens is 302 g/mol. The van der Waals surface area contributed by atoms with Crippen molar-refractivity contribution in [1.82, 2.24) is 0 Å². The van der Waals surface area contributed by atoms with Crippen LogP contribution in [-0.2, 0) is 14.3 Å². The minimum Gasteiger partial charge on any atom is -0.481 e. The lowest BCUT2D eigenvalue weighted by molar-refractivity contribution is -0.141. The Morgan fingerprint density at radius 3 is 2.78 bits per heavy atom. The first-order chi connectivity index (χ1) is 8.52. The molecule has 0 saturated carbocycles. The summed E-state index contributed by atoms with van der Waals surface area (Å²) in [6.45, 7) is 0.0755. The maximum absolute atomic E-state index is 11.9. The number of ether oxygens (including phenoxy) is 1. The number of hydrogen-bond donors (Lipinski definition) is 2. The molecule has 0 aliphatic carbocycles. The molecule has 0 bridgehead atoms. The lowest BCUT2D eigenvalue weighted by Crippen LogP contribution is -2.28. The van der Waals surface area contributed by atoms with Gasteiger partial charge in [-0.2, -0.15) is 0 Å². The van der Waals surface area contributed by atoms with Gasteiger partial charge >= 0.3 is 5.97 Å². The smallest absolute Gasteiger partial charge is 0.304 e. The minimum atomic E-state index is -1.03. The summed E-state index contributed by atoms with van der Waals surface area (Å²) in [4.78, 5) is 22.5. The van der Waals surface area contributed by atoms with Crippen LogP contribution in [0.2, 0.25) is 0 Å². The zero-order chi connectivity index (χ0) is 13.5. The van der Waals surface area contributed by atoms with Crippen LogP contribution >= 0.6 is 15.9 Å². The maximum Gasteiger partial charge on any atom is 0.304 e. The summed E-state index contributed by atoms with van der Waals surface area (Å²) in [5, 5.41) is 11.4. The van der Waals surface area contributed by atoms with E-state index < -0.39 is 11.9 Å². The van der Waals surface area contributed by atoms with Gasteiger partial charge in [-0.25, -0.2) is 0 Å². The van der Waals surface area contributed by atoms with Crippen LogP contribution in [0.4, 0.5) is 5.69 Å². The van der Waals surface area contributed by atoms with Crippen molar-refractivity contribution < 1.29 is 19.4 Å². The van der Waals surface area contributed by atoms with Gasteiger partial charge in [-0.1, -0.05) is 22.0 Å². The zero-order valence-corrected chi connectivity index (χ0v) is 11.4. The highest BCUT2D eigenvalue weighted by Crippen LogP contribution is 2.17. The van der Waals surface area contributed by atoms with Crippen LogP contribution in [0.15, 0.2) is 28.7 Å². The number of aliphatic carboxylic acids is 1. The van der Waals surface area contributed by atoms with E-state index in [1.54, 1.807) is 18.2 Å². The summed E-state index contributed by atoms with van der Waals surface area (Å²) in [5.74, 6) is -2.09. The van der Waals surface area contributed by atoms with Gasteiger partial charge in [-0.05, 0) is 18.2 Å². The molecule has 1 amide bonds. The molecule has 0 fully saturated rings. The molecule has 98 valence electrons. The first kappa shape index (κ1) is 14.7. The Morgan fingerprint density at radius 2 is 2.22 bits per heavy atom. The molecule has 2 N–H and O–H groups in total. The van der Waals surface area contributed by atoms with Crippen molar-refractivity contribution in [3.05, 3.63) is 28.7 Å². The quantitative estimate of drug-likeness (QED) is 0.843. The van der Waals surface area contributed by atoms with Crippen molar-refractivity contribution in [1.29, 1.82) is 0 Å². The highest BCUT2D eigenvalue weighted by Gasteiger charge is 2.21. The van der Waals surface area contributed by atoms with Crippen LogP contribution in [0.1, 0.15) is 6.42 Å². The first-order valence-corrected chi connectivity index (χ1v) is 6.09. The van der Waals surface area contributed by atoms with Gasteiger partial charge in [0.1, 0.15) is 0 Å². The molecule has 1 unspecified atom stereocenters. The molecule has 1 aromatic rings. The molecule has 0 saturated heterocycles. The molecule has 0 aliphatic heterocycles. The number of amides is 1. The zero-order valence-electron chi connectivity index (χ0n) is 9.85. The van der Waals surface area contributed by atoms with Crippen LogP contribution < -0.4 is 5.32 Å². The number of rotatable bonds is 6. The lowest BCUT2D eigenvalue weighted by Gasteiger charge is -2.14. The van der Waals surface area contributed by atoms with Crippen molar-refractivity contribution in [2.45, 2.75) is 6.42 Å². The monoisotopic (exact) mass is 315 g/mol. The third-order valence-corrected chi connectivity index (χ3v) is 2.75. The number of hydrogen-bond acceptors (Lipinski definition) is 3. The average Bonchev–Trinajstić information content (AvgIpc) is 2.27. The Labute approximate surface area is 113 Å². The lowest BCUT2D eigenvalue weighted by atomic mass is 10.1. The van der Waals surface area contributed by atoms with E-state index in [0.29, 0.717) is 5.69 Å². The van der Waals surface area contributed by atoms with E-state index in [1.807, 2.05) is 6.07 Å². The topological polar surface area (TPSA) is 75.6 Å². The number of carboxylic acids is 1. The molecule has 0 aliphatic rings. The molecule has 18 heavy (non-hydrogen) atoms. The summed E-state index contributed by atoms with van der Waals surface area (Å²) in [6, 6.07) is 7.08. The van der Waals surface area contributed by atoms with Gasteiger partial charge in [0.15, 0.2) is 0 Å². The third-order valence-electron chi connectivity index (χ3n) is 2.25. The van der Waals surface area contributed by atoms with Crippen LogP contribution in [-0.4, -0.2) is 30.7 Å². The molecule has 0 spiro atoms. The molecule has 1 atom stereocenters. The summed E-state index contributed by atoms with van der Waals surface area (Å²) < 4.78 is 5.69. The van der Waals surface area contributed by atoms with Gasteiger partial charge in [-0.15, -0.1) is 0 Å². The Balaban J connectivity index is 2.69. The second-order valence-electron chi connectivity index (χ2n) is 3.75. The first-order valence-electron chi connectivity index (χ1n) is 5.30. The molecule has 0 aromatic heterocycles. The number of carboxylic acid groups (broad SMARTS) is 1. The maximum atomic E-state index is 11.9. The van der Waals surface area contributed by atoms with Gasteiger partial charge < -0.3 is 15.2 Å². The van der Waals surface area contributed by atoms with E-state index in [0.717, 1.165) is 4.47 Å². The predicted molar refractivity (Wildman–Crippen MR) is 70.4 cm³/mol. The van der Waals surface area contributed by atoms with Gasteiger partial charge in [-0.3, -0.25) is 9.59 Å². The van der Waals surface area contributed by atoms with Gasteiger partial charge in [0, 0.05) is 17.3 Å². The van der Waals surface area contributed by atoms with Gasteiger partial charge in [0.25, 0.3) is 0 Å². The third kappa shape index (κ3) is 4.85. The number of benzene rings is 1. The minimum absolute atomic E-state index is 0.0755. The predicted octanol–water partition coefficient (Wildman–Crippen LogP) is 2.12. The van der Waals surface area contributed by atoms with Crippen molar-refractivity contribution in [2.24, 2.45) is 5.92 Å².